The maximum absolute atomic E-state index is 13.2. The summed E-state index contributed by atoms with van der Waals surface area (Å²) in [4.78, 5) is 28.2. The topological polar surface area (TPSA) is 46.6 Å². The van der Waals surface area contributed by atoms with Gasteiger partial charge < -0.3 is 9.64 Å². The highest BCUT2D eigenvalue weighted by Crippen LogP contribution is 2.37. The molecule has 1 fully saturated rings. The largest absolute Gasteiger partial charge is 0.416 e. The van der Waals surface area contributed by atoms with Crippen LogP contribution in [0.5, 0.6) is 0 Å². The Bertz CT molecular complexity index is 988. The molecule has 0 amide bonds. The smallest absolute Gasteiger partial charge is 0.378 e. The van der Waals surface area contributed by atoms with Gasteiger partial charge in [0, 0.05) is 24.2 Å². The van der Waals surface area contributed by atoms with Gasteiger partial charge in [-0.3, -0.25) is 9.59 Å². The number of nitrogens with zero attached hydrogens (tertiary/aromatic N) is 1. The summed E-state index contributed by atoms with van der Waals surface area (Å²) in [6, 6.07) is 10.9. The SMILES string of the molecule is O=C1C(c2cccc(C(F)(F)F)c2)=C(N2CCOCC2)C(=O)c2ccccc21. The van der Waals surface area contributed by atoms with Crippen LogP contribution in [0.25, 0.3) is 5.57 Å². The molecule has 0 aromatic heterocycles. The highest BCUT2D eigenvalue weighted by atomic mass is 19.4. The lowest BCUT2D eigenvalue weighted by Crippen LogP contribution is -2.41. The summed E-state index contributed by atoms with van der Waals surface area (Å²) < 4.78 is 44.9. The van der Waals surface area contributed by atoms with Gasteiger partial charge in [0.2, 0.25) is 5.78 Å². The van der Waals surface area contributed by atoms with Crippen LogP contribution in [0.4, 0.5) is 13.2 Å². The van der Waals surface area contributed by atoms with Crippen molar-refractivity contribution in [3.63, 3.8) is 0 Å². The first-order chi connectivity index (χ1) is 13.4. The van der Waals surface area contributed by atoms with E-state index in [1.165, 1.54) is 18.2 Å². The first-order valence-corrected chi connectivity index (χ1v) is 8.81. The van der Waals surface area contributed by atoms with Crippen molar-refractivity contribution in [1.82, 2.24) is 4.90 Å². The van der Waals surface area contributed by atoms with E-state index in [2.05, 4.69) is 0 Å². The summed E-state index contributed by atoms with van der Waals surface area (Å²) >= 11 is 0. The van der Waals surface area contributed by atoms with Crippen molar-refractivity contribution >= 4 is 17.1 Å². The number of Topliss-reactive ketones (excluding diaryl/α,β-unsaturated/α-hetero) is 2. The van der Waals surface area contributed by atoms with Gasteiger partial charge in [-0.25, -0.2) is 0 Å². The maximum Gasteiger partial charge on any atom is 0.416 e. The van der Waals surface area contributed by atoms with Crippen LogP contribution < -0.4 is 0 Å². The Morgan fingerprint density at radius 3 is 2.14 bits per heavy atom. The average molecular weight is 387 g/mol. The van der Waals surface area contributed by atoms with Gasteiger partial charge in [-0.1, -0.05) is 36.4 Å². The minimum atomic E-state index is -4.55. The minimum Gasteiger partial charge on any atom is -0.378 e. The molecule has 0 saturated carbocycles. The first kappa shape index (κ1) is 18.4. The molecular formula is C21H16F3NO3. The molecule has 2 aromatic rings. The third kappa shape index (κ3) is 3.11. The van der Waals surface area contributed by atoms with Gasteiger partial charge in [-0.15, -0.1) is 0 Å². The van der Waals surface area contributed by atoms with E-state index in [-0.39, 0.29) is 33.7 Å². The highest BCUT2D eigenvalue weighted by Gasteiger charge is 2.37. The lowest BCUT2D eigenvalue weighted by Gasteiger charge is -2.34. The summed E-state index contributed by atoms with van der Waals surface area (Å²) in [7, 11) is 0. The molecule has 4 rings (SSSR count). The number of hydrogen-bond acceptors (Lipinski definition) is 4. The number of ketones is 2. The fourth-order valence-electron chi connectivity index (χ4n) is 3.57. The normalized spacial score (nSPS) is 17.8. The van der Waals surface area contributed by atoms with Crippen LogP contribution in [0, 0.1) is 0 Å². The number of hydrogen-bond donors (Lipinski definition) is 0. The van der Waals surface area contributed by atoms with Crippen LogP contribution in [-0.4, -0.2) is 42.8 Å². The highest BCUT2D eigenvalue weighted by molar-refractivity contribution is 6.40. The Morgan fingerprint density at radius 2 is 1.50 bits per heavy atom. The van der Waals surface area contributed by atoms with Gasteiger partial charge in [0.1, 0.15) is 0 Å². The predicted molar refractivity (Wildman–Crippen MR) is 95.9 cm³/mol. The number of benzene rings is 2. The van der Waals surface area contributed by atoms with Gasteiger partial charge in [-0.2, -0.15) is 13.2 Å². The van der Waals surface area contributed by atoms with E-state index in [0.29, 0.717) is 26.3 Å². The van der Waals surface area contributed by atoms with Crippen molar-refractivity contribution < 1.29 is 27.5 Å². The summed E-state index contributed by atoms with van der Waals surface area (Å²) in [6.07, 6.45) is -4.55. The standard InChI is InChI=1S/C21H16F3NO3/c22-21(23,24)14-5-3-4-13(12-14)17-18(25-8-10-28-11-9-25)20(27)16-7-2-1-6-15(16)19(17)26/h1-7,12H,8-11H2. The van der Waals surface area contributed by atoms with Crippen molar-refractivity contribution in [2.75, 3.05) is 26.3 Å². The molecule has 2 aromatic carbocycles. The quantitative estimate of drug-likeness (QED) is 0.786. The lowest BCUT2D eigenvalue weighted by atomic mass is 9.83. The summed E-state index contributed by atoms with van der Waals surface area (Å²) in [5.41, 5.74) is -0.147. The average Bonchev–Trinajstić information content (AvgIpc) is 2.70. The number of allylic oxidation sites excluding steroid dienone is 2. The molecule has 4 nitrogen and oxygen atoms in total. The van der Waals surface area contributed by atoms with E-state index in [1.54, 1.807) is 23.1 Å². The number of morpholine rings is 1. The zero-order valence-electron chi connectivity index (χ0n) is 14.8. The van der Waals surface area contributed by atoms with Crippen LogP contribution >= 0.6 is 0 Å². The summed E-state index contributed by atoms with van der Waals surface area (Å²) in [6.45, 7) is 1.53. The van der Waals surface area contributed by atoms with Crippen molar-refractivity contribution in [3.8, 4) is 0 Å². The molecular weight excluding hydrogens is 371 g/mol. The Morgan fingerprint density at radius 1 is 0.857 bits per heavy atom. The molecule has 0 atom stereocenters. The Kier molecular flexibility index (Phi) is 4.55. The molecule has 1 aliphatic heterocycles. The van der Waals surface area contributed by atoms with Crippen molar-refractivity contribution in [2.24, 2.45) is 0 Å². The van der Waals surface area contributed by atoms with Crippen molar-refractivity contribution in [1.29, 1.82) is 0 Å². The number of alkyl halides is 3. The van der Waals surface area contributed by atoms with E-state index >= 15 is 0 Å². The van der Waals surface area contributed by atoms with Crippen LogP contribution in [0.1, 0.15) is 31.8 Å². The van der Waals surface area contributed by atoms with E-state index in [1.807, 2.05) is 0 Å². The van der Waals surface area contributed by atoms with Gasteiger partial charge in [0.25, 0.3) is 0 Å². The number of halogens is 3. The molecule has 144 valence electrons. The fourth-order valence-corrected chi connectivity index (χ4v) is 3.57. The zero-order chi connectivity index (χ0) is 19.9. The van der Waals surface area contributed by atoms with Gasteiger partial charge >= 0.3 is 6.18 Å². The Labute approximate surface area is 159 Å². The van der Waals surface area contributed by atoms with Crippen LogP contribution in [0.2, 0.25) is 0 Å². The number of rotatable bonds is 2. The number of fused-ring (bicyclic) bond motifs is 1. The van der Waals surface area contributed by atoms with E-state index in [4.69, 9.17) is 4.74 Å². The van der Waals surface area contributed by atoms with Crippen LogP contribution in [0.3, 0.4) is 0 Å². The van der Waals surface area contributed by atoms with Crippen molar-refractivity contribution in [3.05, 3.63) is 76.5 Å². The van der Waals surface area contributed by atoms with Crippen LogP contribution in [-0.2, 0) is 10.9 Å². The summed E-state index contributed by atoms with van der Waals surface area (Å²) in [5.74, 6) is -0.805. The molecule has 0 unspecified atom stereocenters. The second kappa shape index (κ2) is 6.91. The van der Waals surface area contributed by atoms with Gasteiger partial charge in [0.05, 0.1) is 30.0 Å². The number of ether oxygens (including phenoxy) is 1. The number of carbonyl (C=O) groups excluding carboxylic acids is 2. The lowest BCUT2D eigenvalue weighted by molar-refractivity contribution is -0.137. The van der Waals surface area contributed by atoms with Gasteiger partial charge in [-0.05, 0) is 17.7 Å². The molecule has 28 heavy (non-hydrogen) atoms. The van der Waals surface area contributed by atoms with E-state index in [0.717, 1.165) is 12.1 Å². The molecule has 0 radical (unpaired) electrons. The van der Waals surface area contributed by atoms with Crippen LogP contribution in [0.15, 0.2) is 54.2 Å². The van der Waals surface area contributed by atoms with E-state index in [9.17, 15) is 22.8 Å². The van der Waals surface area contributed by atoms with E-state index < -0.39 is 17.5 Å². The second-order valence-corrected chi connectivity index (χ2v) is 6.61. The summed E-state index contributed by atoms with van der Waals surface area (Å²) in [5, 5.41) is 0. The third-order valence-electron chi connectivity index (χ3n) is 4.90. The molecule has 2 aliphatic rings. The molecule has 0 bridgehead atoms. The monoisotopic (exact) mass is 387 g/mol. The first-order valence-electron chi connectivity index (χ1n) is 8.81. The Balaban J connectivity index is 1.94. The van der Waals surface area contributed by atoms with Crippen molar-refractivity contribution in [2.45, 2.75) is 6.18 Å². The molecule has 7 heteroatoms. The maximum atomic E-state index is 13.2. The fraction of sp³-hybridized carbons (Fsp3) is 0.238. The molecule has 1 saturated heterocycles. The molecule has 0 N–H and O–H groups in total. The molecule has 1 aliphatic carbocycles. The molecule has 1 heterocycles. The Hall–Kier alpha value is -2.93. The zero-order valence-corrected chi connectivity index (χ0v) is 14.8. The minimum absolute atomic E-state index is 0.0108. The third-order valence-corrected chi connectivity index (χ3v) is 4.90. The molecule has 0 spiro atoms. The number of carbonyl (C=O) groups is 2. The predicted octanol–water partition coefficient (Wildman–Crippen LogP) is 3.83. The second-order valence-electron chi connectivity index (χ2n) is 6.61. The van der Waals surface area contributed by atoms with Gasteiger partial charge in [0.15, 0.2) is 5.78 Å².